The molecular formula is C27H25N3O4. The van der Waals surface area contributed by atoms with Crippen LogP contribution < -0.4 is 20.3 Å². The molecule has 0 aliphatic carbocycles. The summed E-state index contributed by atoms with van der Waals surface area (Å²) in [5.41, 5.74) is 3.87. The number of benzene rings is 3. The van der Waals surface area contributed by atoms with E-state index in [1.165, 1.54) is 0 Å². The Hall–Kier alpha value is -4.26. The van der Waals surface area contributed by atoms with E-state index in [1.807, 2.05) is 73.7 Å². The average molecular weight is 456 g/mol. The summed E-state index contributed by atoms with van der Waals surface area (Å²) < 4.78 is 10.9. The zero-order valence-corrected chi connectivity index (χ0v) is 18.8. The van der Waals surface area contributed by atoms with Crippen LogP contribution in [0.3, 0.4) is 0 Å². The maximum absolute atomic E-state index is 13.2. The van der Waals surface area contributed by atoms with E-state index in [9.17, 15) is 9.59 Å². The van der Waals surface area contributed by atoms with Gasteiger partial charge in [-0.05, 0) is 43.2 Å². The Bertz CT molecular complexity index is 1380. The van der Waals surface area contributed by atoms with E-state index in [0.29, 0.717) is 41.2 Å². The zero-order valence-electron chi connectivity index (χ0n) is 18.8. The smallest absolute Gasteiger partial charge is 0.322 e. The van der Waals surface area contributed by atoms with Crippen LogP contribution in [0.1, 0.15) is 16.7 Å². The first-order chi connectivity index (χ1) is 16.5. The van der Waals surface area contributed by atoms with Crippen LogP contribution in [-0.2, 0) is 13.0 Å². The molecule has 3 aromatic carbocycles. The van der Waals surface area contributed by atoms with Gasteiger partial charge < -0.3 is 24.7 Å². The number of aryl methyl sites for hydroxylation is 1. The van der Waals surface area contributed by atoms with Crippen LogP contribution >= 0.6 is 0 Å². The van der Waals surface area contributed by atoms with Gasteiger partial charge in [-0.3, -0.25) is 4.79 Å². The highest BCUT2D eigenvalue weighted by atomic mass is 16.7. The second-order valence-electron chi connectivity index (χ2n) is 8.37. The lowest BCUT2D eigenvalue weighted by Gasteiger charge is -2.23. The molecule has 1 aromatic heterocycles. The number of carbonyl (C=O) groups is 1. The monoisotopic (exact) mass is 455 g/mol. The standard InChI is InChI=1S/C27H25N3O4/c1-18-7-9-22(10-8-18)28-27(32)30(12-11-19-5-3-2-4-6-19)16-21-13-20-14-24-25(34-17-33-24)15-23(20)29-26(21)31/h2-10,13-15H,11-12,16-17H2,1H3,(H,28,32)(H,29,31). The lowest BCUT2D eigenvalue weighted by atomic mass is 10.1. The number of urea groups is 1. The van der Waals surface area contributed by atoms with E-state index in [0.717, 1.165) is 16.5 Å². The third-order valence-electron chi connectivity index (χ3n) is 5.88. The number of pyridine rings is 1. The lowest BCUT2D eigenvalue weighted by molar-refractivity contribution is 0.174. The predicted molar refractivity (Wildman–Crippen MR) is 131 cm³/mol. The summed E-state index contributed by atoms with van der Waals surface area (Å²) >= 11 is 0. The van der Waals surface area contributed by atoms with Crippen LogP contribution in [0.5, 0.6) is 11.5 Å². The second kappa shape index (κ2) is 9.31. The molecule has 2 heterocycles. The topological polar surface area (TPSA) is 83.7 Å². The molecule has 1 aliphatic rings. The number of hydrogen-bond acceptors (Lipinski definition) is 4. The van der Waals surface area contributed by atoms with Crippen molar-refractivity contribution >= 4 is 22.6 Å². The molecule has 172 valence electrons. The molecule has 0 radical (unpaired) electrons. The van der Waals surface area contributed by atoms with Gasteiger partial charge in [0.2, 0.25) is 6.79 Å². The van der Waals surface area contributed by atoms with Crippen molar-refractivity contribution in [2.45, 2.75) is 19.9 Å². The van der Waals surface area contributed by atoms with Crippen molar-refractivity contribution in [2.75, 3.05) is 18.7 Å². The Morgan fingerprint density at radius 3 is 2.50 bits per heavy atom. The van der Waals surface area contributed by atoms with Crippen LogP contribution in [0, 0.1) is 6.92 Å². The Morgan fingerprint density at radius 1 is 1.00 bits per heavy atom. The first-order valence-corrected chi connectivity index (χ1v) is 11.2. The van der Waals surface area contributed by atoms with Gasteiger partial charge in [-0.15, -0.1) is 0 Å². The lowest BCUT2D eigenvalue weighted by Crippen LogP contribution is -2.37. The molecule has 2 N–H and O–H groups in total. The van der Waals surface area contributed by atoms with Gasteiger partial charge in [0.25, 0.3) is 5.56 Å². The fourth-order valence-electron chi connectivity index (χ4n) is 3.96. The van der Waals surface area contributed by atoms with Crippen molar-refractivity contribution in [1.29, 1.82) is 0 Å². The number of amides is 2. The van der Waals surface area contributed by atoms with Gasteiger partial charge in [0.05, 0.1) is 12.1 Å². The number of carbonyl (C=O) groups excluding carboxylic acids is 1. The van der Waals surface area contributed by atoms with E-state index in [2.05, 4.69) is 10.3 Å². The molecular weight excluding hydrogens is 430 g/mol. The highest BCUT2D eigenvalue weighted by Gasteiger charge is 2.19. The number of rotatable bonds is 6. The molecule has 4 aromatic rings. The number of fused-ring (bicyclic) bond motifs is 2. The number of ether oxygens (including phenoxy) is 2. The Kier molecular flexibility index (Phi) is 5.91. The third-order valence-corrected chi connectivity index (χ3v) is 5.88. The van der Waals surface area contributed by atoms with Gasteiger partial charge in [0.15, 0.2) is 11.5 Å². The fourth-order valence-corrected chi connectivity index (χ4v) is 3.96. The number of aromatic nitrogens is 1. The van der Waals surface area contributed by atoms with Crippen molar-refractivity contribution < 1.29 is 14.3 Å². The van der Waals surface area contributed by atoms with Crippen LogP contribution in [0.2, 0.25) is 0 Å². The molecule has 2 amide bonds. The summed E-state index contributed by atoms with van der Waals surface area (Å²) in [6.45, 7) is 2.79. The third kappa shape index (κ3) is 4.73. The first-order valence-electron chi connectivity index (χ1n) is 11.2. The van der Waals surface area contributed by atoms with Crippen LogP contribution in [0.4, 0.5) is 10.5 Å². The summed E-state index contributed by atoms with van der Waals surface area (Å²) in [4.78, 5) is 30.7. The summed E-state index contributed by atoms with van der Waals surface area (Å²) in [5, 5.41) is 3.77. The SMILES string of the molecule is Cc1ccc(NC(=O)N(CCc2ccccc2)Cc2cc3cc4c(cc3[nH]c2=O)OCO4)cc1. The average Bonchev–Trinajstić information content (AvgIpc) is 3.30. The highest BCUT2D eigenvalue weighted by Crippen LogP contribution is 2.35. The molecule has 0 fully saturated rings. The largest absolute Gasteiger partial charge is 0.454 e. The van der Waals surface area contributed by atoms with Crippen molar-refractivity contribution in [3.63, 3.8) is 0 Å². The van der Waals surface area contributed by atoms with E-state index >= 15 is 0 Å². The van der Waals surface area contributed by atoms with Gasteiger partial charge in [-0.1, -0.05) is 48.0 Å². The number of H-pyrrole nitrogens is 1. The van der Waals surface area contributed by atoms with Crippen LogP contribution in [-0.4, -0.2) is 29.3 Å². The number of nitrogens with zero attached hydrogens (tertiary/aromatic N) is 1. The summed E-state index contributed by atoms with van der Waals surface area (Å²) in [6.07, 6.45) is 0.673. The normalized spacial score (nSPS) is 12.0. The zero-order chi connectivity index (χ0) is 23.5. The molecule has 0 unspecified atom stereocenters. The van der Waals surface area contributed by atoms with Gasteiger partial charge >= 0.3 is 6.03 Å². The molecule has 7 nitrogen and oxygen atoms in total. The van der Waals surface area contributed by atoms with E-state index in [1.54, 1.807) is 11.0 Å². The first kappa shape index (κ1) is 21.6. The predicted octanol–water partition coefficient (Wildman–Crippen LogP) is 4.84. The van der Waals surface area contributed by atoms with Crippen molar-refractivity contribution in [3.8, 4) is 11.5 Å². The molecule has 0 bridgehead atoms. The number of anilines is 1. The summed E-state index contributed by atoms with van der Waals surface area (Å²) in [5.74, 6) is 1.25. The fraction of sp³-hybridized carbons (Fsp3) is 0.185. The quantitative estimate of drug-likeness (QED) is 0.436. The minimum atomic E-state index is -0.259. The highest BCUT2D eigenvalue weighted by molar-refractivity contribution is 5.89. The van der Waals surface area contributed by atoms with E-state index < -0.39 is 0 Å². The van der Waals surface area contributed by atoms with Crippen molar-refractivity contribution in [2.24, 2.45) is 0 Å². The summed E-state index contributed by atoms with van der Waals surface area (Å²) in [6, 6.07) is 22.8. The van der Waals surface area contributed by atoms with E-state index in [4.69, 9.17) is 9.47 Å². The minimum Gasteiger partial charge on any atom is -0.454 e. The molecule has 0 saturated heterocycles. The van der Waals surface area contributed by atoms with E-state index in [-0.39, 0.29) is 24.9 Å². The molecule has 34 heavy (non-hydrogen) atoms. The molecule has 1 aliphatic heterocycles. The number of aromatic amines is 1. The van der Waals surface area contributed by atoms with Gasteiger partial charge in [-0.25, -0.2) is 4.79 Å². The molecule has 5 rings (SSSR count). The van der Waals surface area contributed by atoms with Crippen molar-refractivity contribution in [3.05, 3.63) is 99.8 Å². The Labute approximate surface area is 196 Å². The molecule has 0 spiro atoms. The van der Waals surface area contributed by atoms with Gasteiger partial charge in [-0.2, -0.15) is 0 Å². The molecule has 0 saturated carbocycles. The Morgan fingerprint density at radius 2 is 1.74 bits per heavy atom. The maximum atomic E-state index is 13.2. The number of nitrogens with one attached hydrogen (secondary N) is 2. The minimum absolute atomic E-state index is 0.162. The molecule has 0 atom stereocenters. The van der Waals surface area contributed by atoms with Crippen molar-refractivity contribution in [1.82, 2.24) is 9.88 Å². The number of hydrogen-bond donors (Lipinski definition) is 2. The van der Waals surface area contributed by atoms with Crippen LogP contribution in [0.25, 0.3) is 10.9 Å². The van der Waals surface area contributed by atoms with Crippen LogP contribution in [0.15, 0.2) is 77.6 Å². The Balaban J connectivity index is 1.41. The van der Waals surface area contributed by atoms with Gasteiger partial charge in [0, 0.05) is 29.2 Å². The second-order valence-corrected chi connectivity index (χ2v) is 8.37. The van der Waals surface area contributed by atoms with Gasteiger partial charge in [0.1, 0.15) is 0 Å². The summed E-state index contributed by atoms with van der Waals surface area (Å²) in [7, 11) is 0. The maximum Gasteiger partial charge on any atom is 0.322 e. The molecule has 7 heteroatoms.